The quantitative estimate of drug-likeness (QED) is 0.918. The lowest BCUT2D eigenvalue weighted by molar-refractivity contribution is 0.0696. The molecule has 6 heteroatoms. The summed E-state index contributed by atoms with van der Waals surface area (Å²) in [6, 6.07) is 8.93. The minimum absolute atomic E-state index is 0.0287. The van der Waals surface area contributed by atoms with Gasteiger partial charge in [0.05, 0.1) is 5.56 Å². The number of aromatic nitrogens is 1. The van der Waals surface area contributed by atoms with Crippen molar-refractivity contribution in [1.82, 2.24) is 4.98 Å². The van der Waals surface area contributed by atoms with E-state index in [1.54, 1.807) is 0 Å². The van der Waals surface area contributed by atoms with E-state index in [2.05, 4.69) is 20.9 Å². The molecule has 0 atom stereocenters. The summed E-state index contributed by atoms with van der Waals surface area (Å²) in [5.41, 5.74) is 0.990. The summed E-state index contributed by atoms with van der Waals surface area (Å²) < 4.78 is 6.43. The van der Waals surface area contributed by atoms with Crippen LogP contribution in [0.5, 0.6) is 5.88 Å². The van der Waals surface area contributed by atoms with Gasteiger partial charge in [0.25, 0.3) is 0 Å². The van der Waals surface area contributed by atoms with E-state index in [9.17, 15) is 4.79 Å². The number of halogens is 2. The first-order valence-electron chi connectivity index (χ1n) is 5.32. The molecule has 2 rings (SSSR count). The molecule has 0 saturated carbocycles. The average molecular weight is 343 g/mol. The molecule has 0 amide bonds. The molecule has 1 N–H and O–H groups in total. The summed E-state index contributed by atoms with van der Waals surface area (Å²) >= 11 is 9.25. The number of hydrogen-bond acceptors (Lipinski definition) is 3. The molecule has 0 unspecified atom stereocenters. The van der Waals surface area contributed by atoms with Crippen LogP contribution >= 0.6 is 27.5 Å². The smallest absolute Gasteiger partial charge is 0.337 e. The van der Waals surface area contributed by atoms with Gasteiger partial charge in [0.2, 0.25) is 5.88 Å². The largest absolute Gasteiger partial charge is 0.478 e. The van der Waals surface area contributed by atoms with Crippen LogP contribution in [0.1, 0.15) is 15.9 Å². The summed E-state index contributed by atoms with van der Waals surface area (Å²) in [6.45, 7) is 0.312. The molecule has 0 spiro atoms. The van der Waals surface area contributed by atoms with Gasteiger partial charge in [-0.05, 0) is 23.8 Å². The first kappa shape index (κ1) is 13.8. The third-order valence-electron chi connectivity index (χ3n) is 2.34. The predicted octanol–water partition coefficient (Wildman–Crippen LogP) is 3.77. The van der Waals surface area contributed by atoms with Gasteiger partial charge in [-0.2, -0.15) is 0 Å². The number of pyridine rings is 1. The third-order valence-corrected chi connectivity index (χ3v) is 3.14. The highest BCUT2D eigenvalue weighted by atomic mass is 79.9. The Labute approximate surface area is 123 Å². The number of nitrogens with zero attached hydrogens (tertiary/aromatic N) is 1. The molecule has 1 heterocycles. The van der Waals surface area contributed by atoms with E-state index in [1.165, 1.54) is 12.3 Å². The molecule has 2 aromatic rings. The summed E-state index contributed by atoms with van der Waals surface area (Å²) in [5, 5.41) is 8.97. The van der Waals surface area contributed by atoms with E-state index >= 15 is 0 Å². The molecule has 0 aliphatic rings. The molecule has 0 bridgehead atoms. The van der Waals surface area contributed by atoms with Crippen LogP contribution in [0.15, 0.2) is 41.0 Å². The van der Waals surface area contributed by atoms with E-state index in [1.807, 2.05) is 24.3 Å². The Morgan fingerprint density at radius 2 is 2.05 bits per heavy atom. The number of benzene rings is 1. The van der Waals surface area contributed by atoms with Gasteiger partial charge in [0.15, 0.2) is 0 Å². The highest BCUT2D eigenvalue weighted by Crippen LogP contribution is 2.23. The molecule has 0 aliphatic carbocycles. The molecule has 0 aliphatic heterocycles. The van der Waals surface area contributed by atoms with Crippen LogP contribution in [0.25, 0.3) is 0 Å². The van der Waals surface area contributed by atoms with Crippen molar-refractivity contribution in [1.29, 1.82) is 0 Å². The van der Waals surface area contributed by atoms with Gasteiger partial charge in [0, 0.05) is 10.7 Å². The Morgan fingerprint density at radius 1 is 1.37 bits per heavy atom. The van der Waals surface area contributed by atoms with E-state index in [4.69, 9.17) is 21.4 Å². The fourth-order valence-electron chi connectivity index (χ4n) is 1.38. The van der Waals surface area contributed by atoms with Crippen LogP contribution in [-0.2, 0) is 6.61 Å². The second-order valence-electron chi connectivity index (χ2n) is 3.73. The minimum Gasteiger partial charge on any atom is -0.478 e. The Balaban J connectivity index is 2.07. The topological polar surface area (TPSA) is 59.4 Å². The van der Waals surface area contributed by atoms with Crippen molar-refractivity contribution in [2.24, 2.45) is 0 Å². The van der Waals surface area contributed by atoms with Crippen LogP contribution in [0, 0.1) is 0 Å². The summed E-state index contributed by atoms with van der Waals surface area (Å²) in [5.74, 6) is -0.858. The van der Waals surface area contributed by atoms with Gasteiger partial charge >= 0.3 is 5.97 Å². The fourth-order valence-corrected chi connectivity index (χ4v) is 1.87. The molecule has 0 fully saturated rings. The molecule has 98 valence electrons. The highest BCUT2D eigenvalue weighted by Gasteiger charge is 2.09. The molecule has 1 aromatic carbocycles. The maximum absolute atomic E-state index is 10.7. The zero-order valence-corrected chi connectivity index (χ0v) is 12.0. The number of hydrogen-bond donors (Lipinski definition) is 1. The van der Waals surface area contributed by atoms with E-state index in [0.717, 1.165) is 10.0 Å². The maximum Gasteiger partial charge on any atom is 0.337 e. The van der Waals surface area contributed by atoms with Gasteiger partial charge in [-0.15, -0.1) is 0 Å². The first-order chi connectivity index (χ1) is 9.06. The fraction of sp³-hybridized carbons (Fsp3) is 0.0769. The number of carbonyl (C=O) groups is 1. The first-order valence-corrected chi connectivity index (χ1v) is 6.49. The lowest BCUT2D eigenvalue weighted by Gasteiger charge is -2.07. The minimum atomic E-state index is -1.08. The van der Waals surface area contributed by atoms with Crippen molar-refractivity contribution in [3.63, 3.8) is 0 Å². The van der Waals surface area contributed by atoms with E-state index in [-0.39, 0.29) is 16.5 Å². The summed E-state index contributed by atoms with van der Waals surface area (Å²) in [7, 11) is 0. The average Bonchev–Trinajstić information content (AvgIpc) is 2.39. The summed E-state index contributed by atoms with van der Waals surface area (Å²) in [6.07, 6.45) is 1.21. The zero-order chi connectivity index (χ0) is 13.8. The molecular weight excluding hydrogens is 334 g/mol. The third kappa shape index (κ3) is 3.68. The number of carboxylic acid groups (broad SMARTS) is 1. The van der Waals surface area contributed by atoms with Gasteiger partial charge < -0.3 is 9.84 Å². The Bertz CT molecular complexity index is 601. The monoisotopic (exact) mass is 341 g/mol. The number of aromatic carboxylic acids is 1. The van der Waals surface area contributed by atoms with Crippen molar-refractivity contribution in [2.45, 2.75) is 6.61 Å². The van der Waals surface area contributed by atoms with Gasteiger partial charge in [0.1, 0.15) is 11.6 Å². The molecule has 1 aromatic heterocycles. The van der Waals surface area contributed by atoms with Crippen LogP contribution in [-0.4, -0.2) is 16.1 Å². The van der Waals surface area contributed by atoms with Crippen LogP contribution in [0.2, 0.25) is 5.02 Å². The van der Waals surface area contributed by atoms with Gasteiger partial charge in [-0.3, -0.25) is 0 Å². The van der Waals surface area contributed by atoms with Crippen molar-refractivity contribution in [3.05, 3.63) is 57.2 Å². The molecule has 4 nitrogen and oxygen atoms in total. The Kier molecular flexibility index (Phi) is 4.39. The lowest BCUT2D eigenvalue weighted by atomic mass is 10.2. The second-order valence-corrected chi connectivity index (χ2v) is 5.05. The lowest BCUT2D eigenvalue weighted by Crippen LogP contribution is -2.01. The van der Waals surface area contributed by atoms with Crippen LogP contribution < -0.4 is 4.74 Å². The number of carboxylic acids is 1. The number of rotatable bonds is 4. The second kappa shape index (κ2) is 6.04. The van der Waals surface area contributed by atoms with Crippen LogP contribution in [0.3, 0.4) is 0 Å². The molecule has 0 saturated heterocycles. The number of ether oxygens (including phenoxy) is 1. The van der Waals surface area contributed by atoms with Crippen LogP contribution in [0.4, 0.5) is 0 Å². The van der Waals surface area contributed by atoms with E-state index in [0.29, 0.717) is 6.61 Å². The van der Waals surface area contributed by atoms with Crippen molar-refractivity contribution < 1.29 is 14.6 Å². The molecule has 0 radical (unpaired) electrons. The Hall–Kier alpha value is -1.59. The van der Waals surface area contributed by atoms with Crippen molar-refractivity contribution in [2.75, 3.05) is 0 Å². The SMILES string of the molecule is O=C(O)c1cnc(OCc2ccc(Br)cc2)c(Cl)c1. The zero-order valence-electron chi connectivity index (χ0n) is 9.64. The summed E-state index contributed by atoms with van der Waals surface area (Å²) in [4.78, 5) is 14.6. The van der Waals surface area contributed by atoms with Gasteiger partial charge in [-0.1, -0.05) is 39.7 Å². The molecule has 19 heavy (non-hydrogen) atoms. The highest BCUT2D eigenvalue weighted by molar-refractivity contribution is 9.10. The van der Waals surface area contributed by atoms with E-state index < -0.39 is 5.97 Å². The molecular formula is C13H9BrClNO3. The predicted molar refractivity (Wildman–Crippen MR) is 74.7 cm³/mol. The maximum atomic E-state index is 10.7. The van der Waals surface area contributed by atoms with Crippen molar-refractivity contribution >= 4 is 33.5 Å². The van der Waals surface area contributed by atoms with Gasteiger partial charge in [-0.25, -0.2) is 9.78 Å². The standard InChI is InChI=1S/C13H9BrClNO3/c14-10-3-1-8(2-4-10)7-19-12-11(15)5-9(6-16-12)13(17)18/h1-6H,7H2,(H,17,18). The Morgan fingerprint density at radius 3 is 2.63 bits per heavy atom. The normalized spacial score (nSPS) is 10.2. The van der Waals surface area contributed by atoms with Crippen molar-refractivity contribution in [3.8, 4) is 5.88 Å².